The Labute approximate surface area is 179 Å². The highest BCUT2D eigenvalue weighted by molar-refractivity contribution is 7.12. The van der Waals surface area contributed by atoms with E-state index in [2.05, 4.69) is 20.6 Å². The number of alkyl halides is 3. The maximum Gasteiger partial charge on any atom is 0.416 e. The number of fused-ring (bicyclic) bond motifs is 1. The maximum atomic E-state index is 12.8. The average Bonchev–Trinajstić information content (AvgIpc) is 3.38. The van der Waals surface area contributed by atoms with Gasteiger partial charge in [0.2, 0.25) is 5.06 Å². The Hall–Kier alpha value is -3.53. The number of aromatic amines is 1. The second-order valence-electron chi connectivity index (χ2n) is 6.61. The summed E-state index contributed by atoms with van der Waals surface area (Å²) >= 11 is 1.25. The molecule has 0 aliphatic heterocycles. The molecule has 0 spiro atoms. The molecular formula is C21H17F3N4O2S. The fraction of sp³-hybridized carbons (Fsp3) is 0.143. The molecule has 0 saturated carbocycles. The van der Waals surface area contributed by atoms with Gasteiger partial charge in [-0.1, -0.05) is 18.2 Å². The normalized spacial score (nSPS) is 11.5. The van der Waals surface area contributed by atoms with Crippen molar-refractivity contribution in [3.05, 3.63) is 71.4 Å². The lowest BCUT2D eigenvalue weighted by Crippen LogP contribution is -2.28. The number of benzene rings is 1. The number of halogens is 3. The number of anilines is 2. The summed E-state index contributed by atoms with van der Waals surface area (Å²) in [7, 11) is 0. The third kappa shape index (κ3) is 4.97. The minimum absolute atomic E-state index is 0.141. The van der Waals surface area contributed by atoms with E-state index < -0.39 is 17.8 Å². The summed E-state index contributed by atoms with van der Waals surface area (Å²) in [6.07, 6.45) is -1.39. The number of hydrogen-bond acceptors (Lipinski definition) is 5. The predicted octanol–water partition coefficient (Wildman–Crippen LogP) is 5.72. The fourth-order valence-electron chi connectivity index (χ4n) is 3.01. The molecular weight excluding hydrogens is 429 g/mol. The number of H-pyrrole nitrogens is 1. The first-order valence-electron chi connectivity index (χ1n) is 9.28. The van der Waals surface area contributed by atoms with E-state index in [0.29, 0.717) is 16.3 Å². The largest absolute Gasteiger partial charge is 0.416 e. The van der Waals surface area contributed by atoms with Gasteiger partial charge in [0.05, 0.1) is 16.9 Å². The van der Waals surface area contributed by atoms with Gasteiger partial charge in [-0.05, 0) is 41.6 Å². The molecule has 0 unspecified atom stereocenters. The molecule has 0 atom stereocenters. The van der Waals surface area contributed by atoms with E-state index in [1.165, 1.54) is 17.4 Å². The van der Waals surface area contributed by atoms with Gasteiger partial charge in [-0.25, -0.2) is 9.78 Å². The van der Waals surface area contributed by atoms with Crippen LogP contribution in [0.3, 0.4) is 0 Å². The van der Waals surface area contributed by atoms with Crippen molar-refractivity contribution in [2.24, 2.45) is 0 Å². The number of amides is 1. The number of hydrogen-bond donors (Lipinski definition) is 3. The third-order valence-corrected chi connectivity index (χ3v) is 5.27. The Morgan fingerprint density at radius 3 is 2.87 bits per heavy atom. The quantitative estimate of drug-likeness (QED) is 0.354. The molecule has 0 aliphatic carbocycles. The summed E-state index contributed by atoms with van der Waals surface area (Å²) in [6.45, 7) is 0.141. The molecule has 1 aromatic carbocycles. The first-order valence-corrected chi connectivity index (χ1v) is 10.2. The van der Waals surface area contributed by atoms with Gasteiger partial charge >= 0.3 is 12.3 Å². The molecule has 1 amide bonds. The van der Waals surface area contributed by atoms with E-state index in [1.54, 1.807) is 29.9 Å². The molecule has 3 aromatic heterocycles. The van der Waals surface area contributed by atoms with Crippen molar-refractivity contribution in [2.75, 3.05) is 11.9 Å². The monoisotopic (exact) mass is 446 g/mol. The lowest BCUT2D eigenvalue weighted by Gasteiger charge is -2.11. The molecule has 0 saturated heterocycles. The second kappa shape index (κ2) is 8.68. The summed E-state index contributed by atoms with van der Waals surface area (Å²) < 4.78 is 43.7. The van der Waals surface area contributed by atoms with Crippen molar-refractivity contribution < 1.29 is 22.7 Å². The van der Waals surface area contributed by atoms with E-state index in [4.69, 9.17) is 4.74 Å². The second-order valence-corrected chi connectivity index (χ2v) is 7.49. The first-order chi connectivity index (χ1) is 14.9. The van der Waals surface area contributed by atoms with Crippen molar-refractivity contribution in [3.63, 3.8) is 0 Å². The molecule has 6 nitrogen and oxygen atoms in total. The summed E-state index contributed by atoms with van der Waals surface area (Å²) in [5, 5.41) is 8.84. The molecule has 3 N–H and O–H groups in total. The maximum absolute atomic E-state index is 12.8. The molecule has 0 radical (unpaired) electrons. The van der Waals surface area contributed by atoms with E-state index >= 15 is 0 Å². The summed E-state index contributed by atoms with van der Waals surface area (Å²) in [6, 6.07) is 10.5. The van der Waals surface area contributed by atoms with Crippen LogP contribution < -0.4 is 15.4 Å². The number of aromatic nitrogens is 2. The number of pyridine rings is 1. The van der Waals surface area contributed by atoms with E-state index in [0.717, 1.165) is 28.9 Å². The van der Waals surface area contributed by atoms with E-state index in [-0.39, 0.29) is 13.0 Å². The smallest absolute Gasteiger partial charge is 0.397 e. The minimum atomic E-state index is -4.40. The zero-order valence-corrected chi connectivity index (χ0v) is 16.8. The van der Waals surface area contributed by atoms with Crippen LogP contribution in [0.4, 0.5) is 29.3 Å². The lowest BCUT2D eigenvalue weighted by atomic mass is 10.1. The molecule has 4 rings (SSSR count). The van der Waals surface area contributed by atoms with Crippen LogP contribution in [0.25, 0.3) is 11.0 Å². The van der Waals surface area contributed by atoms with Crippen LogP contribution in [-0.2, 0) is 12.6 Å². The molecule has 31 heavy (non-hydrogen) atoms. The number of thiophene rings is 1. The summed E-state index contributed by atoms with van der Waals surface area (Å²) in [5.41, 5.74) is 1.91. The summed E-state index contributed by atoms with van der Waals surface area (Å²) in [4.78, 5) is 19.4. The van der Waals surface area contributed by atoms with Crippen molar-refractivity contribution in [1.82, 2.24) is 15.3 Å². The van der Waals surface area contributed by atoms with Crippen molar-refractivity contribution in [2.45, 2.75) is 12.6 Å². The van der Waals surface area contributed by atoms with Crippen molar-refractivity contribution in [1.29, 1.82) is 0 Å². The SMILES string of the molecule is O=C(NCCc1cccc(C(F)(F)F)c1)Oc1sccc1Nc1ccnc2[nH]ccc12. The number of carbonyl (C=O) groups excluding carboxylic acids is 1. The summed E-state index contributed by atoms with van der Waals surface area (Å²) in [5.74, 6) is 0. The number of carbonyl (C=O) groups is 1. The molecule has 0 aliphatic rings. The molecule has 0 bridgehead atoms. The Bertz CT molecular complexity index is 1200. The van der Waals surface area contributed by atoms with Gasteiger partial charge in [0.1, 0.15) is 5.65 Å². The van der Waals surface area contributed by atoms with Crippen LogP contribution in [0.15, 0.2) is 60.2 Å². The predicted molar refractivity (Wildman–Crippen MR) is 113 cm³/mol. The average molecular weight is 446 g/mol. The molecule has 160 valence electrons. The Morgan fingerprint density at radius 1 is 1.16 bits per heavy atom. The highest BCUT2D eigenvalue weighted by atomic mass is 32.1. The highest BCUT2D eigenvalue weighted by Gasteiger charge is 2.30. The zero-order valence-electron chi connectivity index (χ0n) is 16.0. The van der Waals surface area contributed by atoms with Crippen LogP contribution in [-0.4, -0.2) is 22.6 Å². The molecule has 0 fully saturated rings. The standard InChI is InChI=1S/C21H17F3N4O2S/c22-21(23,24)14-3-1-2-13(12-14)4-8-27-20(29)30-19-17(7-11-31-19)28-16-6-10-26-18-15(16)5-9-25-18/h1-3,5-7,9-12H,4,8H2,(H,27,29)(H2,25,26,28). The van der Waals surface area contributed by atoms with Crippen LogP contribution in [0.5, 0.6) is 5.06 Å². The van der Waals surface area contributed by atoms with E-state index in [9.17, 15) is 18.0 Å². The highest BCUT2D eigenvalue weighted by Crippen LogP contribution is 2.35. The van der Waals surface area contributed by atoms with Crippen LogP contribution in [0.2, 0.25) is 0 Å². The number of nitrogens with zero attached hydrogens (tertiary/aromatic N) is 1. The van der Waals surface area contributed by atoms with Gasteiger partial charge in [0.25, 0.3) is 0 Å². The molecule has 10 heteroatoms. The van der Waals surface area contributed by atoms with Crippen LogP contribution >= 0.6 is 11.3 Å². The van der Waals surface area contributed by atoms with Gasteiger partial charge in [-0.15, -0.1) is 11.3 Å². The molecule has 3 heterocycles. The van der Waals surface area contributed by atoms with Gasteiger partial charge in [-0.2, -0.15) is 13.2 Å². The van der Waals surface area contributed by atoms with Gasteiger partial charge < -0.3 is 20.4 Å². The number of rotatable bonds is 6. The van der Waals surface area contributed by atoms with Crippen molar-refractivity contribution >= 4 is 39.8 Å². The Balaban J connectivity index is 1.34. The molecule has 4 aromatic rings. The zero-order chi connectivity index (χ0) is 21.8. The Kier molecular flexibility index (Phi) is 5.81. The number of ether oxygens (including phenoxy) is 1. The lowest BCUT2D eigenvalue weighted by molar-refractivity contribution is -0.137. The minimum Gasteiger partial charge on any atom is -0.397 e. The van der Waals surface area contributed by atoms with Crippen molar-refractivity contribution in [3.8, 4) is 5.06 Å². The van der Waals surface area contributed by atoms with E-state index in [1.807, 2.05) is 12.1 Å². The first kappa shape index (κ1) is 20.7. The van der Waals surface area contributed by atoms with Crippen LogP contribution in [0, 0.1) is 0 Å². The topological polar surface area (TPSA) is 79.0 Å². The fourth-order valence-corrected chi connectivity index (χ4v) is 3.71. The van der Waals surface area contributed by atoms with Gasteiger partial charge in [-0.3, -0.25) is 0 Å². The third-order valence-electron chi connectivity index (χ3n) is 4.48. The van der Waals surface area contributed by atoms with Crippen LogP contribution in [0.1, 0.15) is 11.1 Å². The number of nitrogens with one attached hydrogen (secondary N) is 3. The van der Waals surface area contributed by atoms with Gasteiger partial charge in [0, 0.05) is 24.3 Å². The van der Waals surface area contributed by atoms with Gasteiger partial charge in [0.15, 0.2) is 0 Å². The Morgan fingerprint density at radius 2 is 2.03 bits per heavy atom.